The van der Waals surface area contributed by atoms with E-state index in [1.165, 1.54) is 0 Å². The van der Waals surface area contributed by atoms with Crippen LogP contribution in [0.2, 0.25) is 0 Å². The Labute approximate surface area is 246 Å². The fourth-order valence-corrected chi connectivity index (χ4v) is 6.03. The number of carbonyl (C=O) groups is 1. The summed E-state index contributed by atoms with van der Waals surface area (Å²) in [6.45, 7) is 0. The molecule has 0 aliphatic carbocycles. The van der Waals surface area contributed by atoms with Crippen LogP contribution in [0.5, 0.6) is 0 Å². The maximum absolute atomic E-state index is 14.6. The number of hydrogen-bond donors (Lipinski definition) is 0. The van der Waals surface area contributed by atoms with E-state index in [1.807, 2.05) is 58.3 Å². The van der Waals surface area contributed by atoms with E-state index in [9.17, 15) is 4.79 Å². The van der Waals surface area contributed by atoms with Gasteiger partial charge in [0.1, 0.15) is 0 Å². The van der Waals surface area contributed by atoms with E-state index in [0.717, 1.165) is 44.8 Å². The highest BCUT2D eigenvalue weighted by molar-refractivity contribution is 6.08. The van der Waals surface area contributed by atoms with Crippen LogP contribution in [0.15, 0.2) is 170 Å². The van der Waals surface area contributed by atoms with Crippen molar-refractivity contribution in [2.24, 2.45) is 0 Å². The van der Waals surface area contributed by atoms with Crippen molar-refractivity contribution < 1.29 is 4.79 Å². The lowest BCUT2D eigenvalue weighted by molar-refractivity contribution is 0.255. The second kappa shape index (κ2) is 11.2. The summed E-state index contributed by atoms with van der Waals surface area (Å²) in [5, 5.41) is 0. The molecule has 6 aromatic rings. The van der Waals surface area contributed by atoms with E-state index in [2.05, 4.69) is 121 Å². The fraction of sp³-hybridized carbons (Fsp3) is 0.0513. The number of carbonyl (C=O) groups excluding carboxylic acids is 1. The third-order valence-corrected chi connectivity index (χ3v) is 8.05. The maximum Gasteiger partial charge on any atom is 0.330 e. The molecular formula is C39H30N2O. The van der Waals surface area contributed by atoms with Gasteiger partial charge in [0.15, 0.2) is 0 Å². The van der Waals surface area contributed by atoms with Gasteiger partial charge < -0.3 is 0 Å². The van der Waals surface area contributed by atoms with Gasteiger partial charge in [0.2, 0.25) is 0 Å². The van der Waals surface area contributed by atoms with E-state index in [4.69, 9.17) is 0 Å². The summed E-state index contributed by atoms with van der Waals surface area (Å²) in [4.78, 5) is 18.6. The SMILES string of the molecule is O=C1N(c2ccc(-c3ccccc3)cc2)C(c2ccccc2)C(c2ccccc2)N1c1ccc(-c2ccccc2)cc1. The molecule has 0 aromatic heterocycles. The number of benzene rings is 6. The summed E-state index contributed by atoms with van der Waals surface area (Å²) in [5.74, 6) is 0. The Morgan fingerprint density at radius 1 is 0.333 bits per heavy atom. The molecule has 1 fully saturated rings. The van der Waals surface area contributed by atoms with E-state index in [1.54, 1.807) is 0 Å². The van der Waals surface area contributed by atoms with Crippen molar-refractivity contribution in [1.82, 2.24) is 0 Å². The summed E-state index contributed by atoms with van der Waals surface area (Å²) in [6.07, 6.45) is 0. The van der Waals surface area contributed by atoms with Crippen molar-refractivity contribution in [1.29, 1.82) is 0 Å². The maximum atomic E-state index is 14.6. The lowest BCUT2D eigenvalue weighted by Crippen LogP contribution is -2.32. The number of urea groups is 1. The van der Waals surface area contributed by atoms with Gasteiger partial charge in [-0.05, 0) is 57.6 Å². The molecule has 1 aliphatic rings. The molecule has 1 saturated heterocycles. The van der Waals surface area contributed by atoms with E-state index in [0.29, 0.717) is 0 Å². The number of anilines is 2. The number of nitrogens with zero attached hydrogens (tertiary/aromatic N) is 2. The lowest BCUT2D eigenvalue weighted by atomic mass is 9.92. The van der Waals surface area contributed by atoms with Crippen molar-refractivity contribution in [3.8, 4) is 22.3 Å². The summed E-state index contributed by atoms with van der Waals surface area (Å²) in [7, 11) is 0. The molecule has 0 bridgehead atoms. The smallest absolute Gasteiger partial charge is 0.284 e. The third-order valence-electron chi connectivity index (χ3n) is 8.05. The van der Waals surface area contributed by atoms with Crippen molar-refractivity contribution in [3.05, 3.63) is 181 Å². The molecule has 0 saturated carbocycles. The van der Waals surface area contributed by atoms with Gasteiger partial charge in [-0.15, -0.1) is 0 Å². The van der Waals surface area contributed by atoms with Crippen molar-refractivity contribution in [2.45, 2.75) is 12.1 Å². The monoisotopic (exact) mass is 542 g/mol. The fourth-order valence-electron chi connectivity index (χ4n) is 6.03. The Kier molecular flexibility index (Phi) is 6.83. The quantitative estimate of drug-likeness (QED) is 0.205. The molecule has 202 valence electrons. The Morgan fingerprint density at radius 2 is 0.619 bits per heavy atom. The minimum absolute atomic E-state index is 0.0439. The first-order valence-corrected chi connectivity index (χ1v) is 14.3. The first kappa shape index (κ1) is 25.6. The zero-order valence-electron chi connectivity index (χ0n) is 23.1. The van der Waals surface area contributed by atoms with Crippen LogP contribution < -0.4 is 9.80 Å². The van der Waals surface area contributed by atoms with E-state index >= 15 is 0 Å². The van der Waals surface area contributed by atoms with Gasteiger partial charge in [0.25, 0.3) is 0 Å². The van der Waals surface area contributed by atoms with Crippen LogP contribution in [0, 0.1) is 0 Å². The molecule has 1 aliphatic heterocycles. The summed E-state index contributed by atoms with van der Waals surface area (Å²) in [6, 6.07) is 57.6. The molecule has 0 radical (unpaired) electrons. The summed E-state index contributed by atoms with van der Waals surface area (Å²) < 4.78 is 0. The van der Waals surface area contributed by atoms with Gasteiger partial charge in [-0.25, -0.2) is 4.79 Å². The largest absolute Gasteiger partial charge is 0.330 e. The molecule has 6 aromatic carbocycles. The number of amides is 2. The molecule has 3 heteroatoms. The number of rotatable bonds is 6. The zero-order valence-corrected chi connectivity index (χ0v) is 23.1. The molecule has 3 nitrogen and oxygen atoms in total. The van der Waals surface area contributed by atoms with E-state index in [-0.39, 0.29) is 18.1 Å². The minimum atomic E-state index is -0.225. The van der Waals surface area contributed by atoms with Crippen LogP contribution in [-0.2, 0) is 0 Å². The highest BCUT2D eigenvalue weighted by atomic mass is 16.2. The molecule has 2 unspecified atom stereocenters. The zero-order chi connectivity index (χ0) is 28.3. The Morgan fingerprint density at radius 3 is 0.952 bits per heavy atom. The Bertz CT molecular complexity index is 1630. The third kappa shape index (κ3) is 4.76. The average molecular weight is 543 g/mol. The van der Waals surface area contributed by atoms with Crippen LogP contribution in [0.3, 0.4) is 0 Å². The van der Waals surface area contributed by atoms with Crippen molar-refractivity contribution in [2.75, 3.05) is 9.80 Å². The molecule has 2 atom stereocenters. The predicted octanol–water partition coefficient (Wildman–Crippen LogP) is 9.95. The number of hydrogen-bond acceptors (Lipinski definition) is 1. The first-order valence-electron chi connectivity index (χ1n) is 14.3. The lowest BCUT2D eigenvalue weighted by Gasteiger charge is -2.29. The molecule has 1 heterocycles. The predicted molar refractivity (Wildman–Crippen MR) is 172 cm³/mol. The molecule has 7 rings (SSSR count). The van der Waals surface area contributed by atoms with Crippen LogP contribution in [0.1, 0.15) is 23.2 Å². The topological polar surface area (TPSA) is 23.6 Å². The molecule has 42 heavy (non-hydrogen) atoms. The molecule has 0 spiro atoms. The minimum Gasteiger partial charge on any atom is -0.284 e. The second-order valence-corrected chi connectivity index (χ2v) is 10.6. The highest BCUT2D eigenvalue weighted by Crippen LogP contribution is 2.49. The van der Waals surface area contributed by atoms with Crippen molar-refractivity contribution >= 4 is 17.4 Å². The van der Waals surface area contributed by atoms with Gasteiger partial charge in [-0.2, -0.15) is 0 Å². The van der Waals surface area contributed by atoms with Crippen LogP contribution >= 0.6 is 0 Å². The van der Waals surface area contributed by atoms with Gasteiger partial charge in [0.05, 0.1) is 12.1 Å². The molecule has 2 amide bonds. The van der Waals surface area contributed by atoms with Crippen molar-refractivity contribution in [3.63, 3.8) is 0 Å². The Balaban J connectivity index is 1.35. The molecular weight excluding hydrogens is 512 g/mol. The van der Waals surface area contributed by atoms with Gasteiger partial charge in [-0.1, -0.05) is 146 Å². The summed E-state index contributed by atoms with van der Waals surface area (Å²) in [5.41, 5.74) is 8.48. The normalized spacial score (nSPS) is 16.5. The average Bonchev–Trinajstić information content (AvgIpc) is 3.39. The summed E-state index contributed by atoms with van der Waals surface area (Å²) >= 11 is 0. The Hall–Kier alpha value is -5.41. The second-order valence-electron chi connectivity index (χ2n) is 10.6. The van der Waals surface area contributed by atoms with Crippen LogP contribution in [0.4, 0.5) is 16.2 Å². The van der Waals surface area contributed by atoms with Gasteiger partial charge in [-0.3, -0.25) is 9.80 Å². The standard InChI is InChI=1S/C39H30N2O/c42-39-40(35-25-21-31(22-26-35)29-13-5-1-6-14-29)37(33-17-9-3-10-18-33)38(34-19-11-4-12-20-34)41(39)36-27-23-32(24-28-36)30-15-7-2-8-16-30/h1-28,37-38H. The molecule has 0 N–H and O–H groups in total. The van der Waals surface area contributed by atoms with Crippen LogP contribution in [-0.4, -0.2) is 6.03 Å². The van der Waals surface area contributed by atoms with E-state index < -0.39 is 0 Å². The van der Waals surface area contributed by atoms with Crippen LogP contribution in [0.25, 0.3) is 22.3 Å². The van der Waals surface area contributed by atoms with Gasteiger partial charge in [0, 0.05) is 11.4 Å². The first-order chi connectivity index (χ1) is 20.8. The highest BCUT2D eigenvalue weighted by Gasteiger charge is 2.48. The van der Waals surface area contributed by atoms with Gasteiger partial charge >= 0.3 is 6.03 Å².